The van der Waals surface area contributed by atoms with E-state index in [-0.39, 0.29) is 0 Å². The second kappa shape index (κ2) is 5.94. The number of rotatable bonds is 5. The van der Waals surface area contributed by atoms with Crippen LogP contribution in [-0.2, 0) is 6.54 Å². The predicted molar refractivity (Wildman–Crippen MR) is 87.9 cm³/mol. The van der Waals surface area contributed by atoms with Crippen LogP contribution in [0.5, 0.6) is 0 Å². The molecular formula is C17H20ClN3. The van der Waals surface area contributed by atoms with E-state index in [1.807, 2.05) is 12.1 Å². The number of hydrogen-bond donors (Lipinski definition) is 0. The average molecular weight is 302 g/mol. The first-order valence-electron chi connectivity index (χ1n) is 7.49. The highest BCUT2D eigenvalue weighted by Gasteiger charge is 2.09. The lowest BCUT2D eigenvalue weighted by Gasteiger charge is -2.12. The zero-order valence-corrected chi connectivity index (χ0v) is 13.2. The number of benzene rings is 1. The summed E-state index contributed by atoms with van der Waals surface area (Å²) in [5.41, 5.74) is 2.28. The van der Waals surface area contributed by atoms with Gasteiger partial charge in [0.2, 0.25) is 0 Å². The van der Waals surface area contributed by atoms with Crippen LogP contribution in [0.4, 0.5) is 0 Å². The predicted octanol–water partition coefficient (Wildman–Crippen LogP) is 4.90. The molecule has 3 rings (SSSR count). The molecule has 0 aliphatic carbocycles. The van der Waals surface area contributed by atoms with Gasteiger partial charge in [0.1, 0.15) is 0 Å². The van der Waals surface area contributed by atoms with E-state index >= 15 is 0 Å². The Morgan fingerprint density at radius 3 is 2.67 bits per heavy atom. The van der Waals surface area contributed by atoms with E-state index in [1.54, 1.807) is 0 Å². The van der Waals surface area contributed by atoms with E-state index < -0.39 is 0 Å². The molecule has 0 saturated carbocycles. The van der Waals surface area contributed by atoms with Crippen molar-refractivity contribution in [1.29, 1.82) is 0 Å². The number of aromatic nitrogens is 3. The third-order valence-corrected chi connectivity index (χ3v) is 4.28. The van der Waals surface area contributed by atoms with Gasteiger partial charge in [-0.2, -0.15) is 5.10 Å². The second-order valence-corrected chi connectivity index (χ2v) is 5.84. The second-order valence-electron chi connectivity index (χ2n) is 5.40. The Hall–Kier alpha value is -1.74. The summed E-state index contributed by atoms with van der Waals surface area (Å²) in [4.78, 5) is 0. The van der Waals surface area contributed by atoms with Crippen LogP contribution in [0.25, 0.3) is 10.9 Å². The summed E-state index contributed by atoms with van der Waals surface area (Å²) in [6, 6.07) is 10.7. The minimum absolute atomic E-state index is 0.499. The summed E-state index contributed by atoms with van der Waals surface area (Å²) in [6.07, 6.45) is 6.41. The maximum atomic E-state index is 6.03. The highest BCUT2D eigenvalue weighted by molar-refractivity contribution is 6.31. The molecule has 0 bridgehead atoms. The molecule has 110 valence electrons. The van der Waals surface area contributed by atoms with Gasteiger partial charge in [-0.15, -0.1) is 0 Å². The standard InChI is InChI=1S/C17H20ClN3/c1-3-16(4-2)21-10-8-15(19-21)12-20-9-7-13-11-14(18)5-6-17(13)20/h5-11,16H,3-4,12H2,1-2H3. The Kier molecular flexibility index (Phi) is 4.02. The molecule has 0 atom stereocenters. The van der Waals surface area contributed by atoms with Crippen LogP contribution in [-0.4, -0.2) is 14.3 Å². The van der Waals surface area contributed by atoms with E-state index in [0.717, 1.165) is 30.1 Å². The van der Waals surface area contributed by atoms with Gasteiger partial charge < -0.3 is 4.57 Å². The molecule has 0 fully saturated rings. The zero-order valence-electron chi connectivity index (χ0n) is 12.5. The van der Waals surface area contributed by atoms with E-state index in [9.17, 15) is 0 Å². The van der Waals surface area contributed by atoms with Gasteiger partial charge in [0.25, 0.3) is 0 Å². The number of halogens is 1. The first-order chi connectivity index (χ1) is 10.2. The largest absolute Gasteiger partial charge is 0.341 e. The van der Waals surface area contributed by atoms with Crippen molar-refractivity contribution in [2.24, 2.45) is 0 Å². The van der Waals surface area contributed by atoms with Crippen LogP contribution in [0.3, 0.4) is 0 Å². The third kappa shape index (κ3) is 2.84. The highest BCUT2D eigenvalue weighted by atomic mass is 35.5. The average Bonchev–Trinajstić information content (AvgIpc) is 3.08. The molecule has 0 amide bonds. The minimum atomic E-state index is 0.499. The molecule has 0 aliphatic heterocycles. The molecule has 0 aliphatic rings. The van der Waals surface area contributed by atoms with Gasteiger partial charge in [-0.1, -0.05) is 25.4 Å². The van der Waals surface area contributed by atoms with Gasteiger partial charge in [-0.05, 0) is 43.2 Å². The first kappa shape index (κ1) is 14.2. The van der Waals surface area contributed by atoms with E-state index in [0.29, 0.717) is 6.04 Å². The topological polar surface area (TPSA) is 22.8 Å². The SMILES string of the molecule is CCC(CC)n1ccc(Cn2ccc3cc(Cl)ccc32)n1. The van der Waals surface area contributed by atoms with E-state index in [1.165, 1.54) is 10.9 Å². The molecule has 3 aromatic rings. The summed E-state index contributed by atoms with van der Waals surface area (Å²) in [6.45, 7) is 5.20. The summed E-state index contributed by atoms with van der Waals surface area (Å²) in [7, 11) is 0. The van der Waals surface area contributed by atoms with Crippen molar-refractivity contribution in [3.8, 4) is 0 Å². The number of fused-ring (bicyclic) bond motifs is 1. The Labute approximate surface area is 130 Å². The number of nitrogens with zero attached hydrogens (tertiary/aromatic N) is 3. The molecular weight excluding hydrogens is 282 g/mol. The van der Waals surface area contributed by atoms with E-state index in [4.69, 9.17) is 16.7 Å². The summed E-state index contributed by atoms with van der Waals surface area (Å²) in [5, 5.41) is 6.67. The first-order valence-corrected chi connectivity index (χ1v) is 7.87. The molecule has 0 saturated heterocycles. The fourth-order valence-corrected chi connectivity index (χ4v) is 2.99. The molecule has 21 heavy (non-hydrogen) atoms. The monoisotopic (exact) mass is 301 g/mol. The number of hydrogen-bond acceptors (Lipinski definition) is 1. The van der Waals surface area contributed by atoms with Crippen molar-refractivity contribution < 1.29 is 0 Å². The van der Waals surface area contributed by atoms with Crippen LogP contribution in [0, 0.1) is 0 Å². The molecule has 0 unspecified atom stereocenters. The molecule has 0 N–H and O–H groups in total. The van der Waals surface area contributed by atoms with Crippen LogP contribution >= 0.6 is 11.6 Å². The lowest BCUT2D eigenvalue weighted by molar-refractivity contribution is 0.425. The molecule has 0 radical (unpaired) electrons. The van der Waals surface area contributed by atoms with Gasteiger partial charge in [-0.3, -0.25) is 4.68 Å². The van der Waals surface area contributed by atoms with Crippen LogP contribution in [0.15, 0.2) is 42.7 Å². The summed E-state index contributed by atoms with van der Waals surface area (Å²) < 4.78 is 4.31. The van der Waals surface area contributed by atoms with Crippen LogP contribution in [0.2, 0.25) is 5.02 Å². The summed E-state index contributed by atoms with van der Waals surface area (Å²) >= 11 is 6.03. The van der Waals surface area contributed by atoms with Crippen molar-refractivity contribution in [2.45, 2.75) is 39.3 Å². The van der Waals surface area contributed by atoms with Gasteiger partial charge >= 0.3 is 0 Å². The Morgan fingerprint density at radius 1 is 1.10 bits per heavy atom. The lowest BCUT2D eigenvalue weighted by atomic mass is 10.2. The maximum absolute atomic E-state index is 6.03. The quantitative estimate of drug-likeness (QED) is 0.657. The summed E-state index contributed by atoms with van der Waals surface area (Å²) in [5.74, 6) is 0. The zero-order chi connectivity index (χ0) is 14.8. The van der Waals surface area contributed by atoms with Gasteiger partial charge in [0, 0.05) is 28.3 Å². The van der Waals surface area contributed by atoms with Crippen molar-refractivity contribution in [3.05, 3.63) is 53.4 Å². The van der Waals surface area contributed by atoms with Crippen LogP contribution in [0.1, 0.15) is 38.4 Å². The van der Waals surface area contributed by atoms with E-state index in [2.05, 4.69) is 53.7 Å². The highest BCUT2D eigenvalue weighted by Crippen LogP contribution is 2.21. The van der Waals surface area contributed by atoms with Crippen LogP contribution < -0.4 is 0 Å². The van der Waals surface area contributed by atoms with Crippen molar-refractivity contribution in [1.82, 2.24) is 14.3 Å². The van der Waals surface area contributed by atoms with Crippen molar-refractivity contribution in [2.75, 3.05) is 0 Å². The molecule has 1 aromatic carbocycles. The van der Waals surface area contributed by atoms with Gasteiger partial charge in [0.15, 0.2) is 0 Å². The molecule has 2 aromatic heterocycles. The molecule has 2 heterocycles. The molecule has 0 spiro atoms. The Bertz CT molecular complexity index is 737. The van der Waals surface area contributed by atoms with Crippen molar-refractivity contribution >= 4 is 22.5 Å². The Morgan fingerprint density at radius 2 is 1.90 bits per heavy atom. The smallest absolute Gasteiger partial charge is 0.0821 e. The Balaban J connectivity index is 1.85. The van der Waals surface area contributed by atoms with Gasteiger partial charge in [-0.25, -0.2) is 0 Å². The fourth-order valence-electron chi connectivity index (χ4n) is 2.81. The lowest BCUT2D eigenvalue weighted by Crippen LogP contribution is -2.08. The normalized spacial score (nSPS) is 11.6. The third-order valence-electron chi connectivity index (χ3n) is 4.05. The molecule has 3 nitrogen and oxygen atoms in total. The fraction of sp³-hybridized carbons (Fsp3) is 0.353. The van der Waals surface area contributed by atoms with Crippen molar-refractivity contribution in [3.63, 3.8) is 0 Å². The maximum Gasteiger partial charge on any atom is 0.0821 e. The minimum Gasteiger partial charge on any atom is -0.341 e. The molecule has 4 heteroatoms. The van der Waals surface area contributed by atoms with Gasteiger partial charge in [0.05, 0.1) is 18.3 Å².